The third kappa shape index (κ3) is 4.31. The number of hydrogen-bond donors (Lipinski definition) is 1. The van der Waals surface area contributed by atoms with Gasteiger partial charge in [-0.1, -0.05) is 44.2 Å². The van der Waals surface area contributed by atoms with Gasteiger partial charge in [0.25, 0.3) is 5.91 Å². The van der Waals surface area contributed by atoms with Crippen LogP contribution in [0.4, 0.5) is 5.69 Å². The first-order valence-electron chi connectivity index (χ1n) is 10.9. The van der Waals surface area contributed by atoms with Crippen molar-refractivity contribution >= 4 is 28.7 Å². The van der Waals surface area contributed by atoms with E-state index in [-0.39, 0.29) is 23.7 Å². The number of amides is 1. The zero-order valence-electron chi connectivity index (χ0n) is 19.2. The van der Waals surface area contributed by atoms with Crippen LogP contribution in [0.1, 0.15) is 36.8 Å². The predicted molar refractivity (Wildman–Crippen MR) is 132 cm³/mol. The molecule has 0 saturated carbocycles. The summed E-state index contributed by atoms with van der Waals surface area (Å²) in [7, 11) is 1.55. The van der Waals surface area contributed by atoms with Gasteiger partial charge in [-0.05, 0) is 48.7 Å². The van der Waals surface area contributed by atoms with Crippen molar-refractivity contribution in [3.05, 3.63) is 82.4 Å². The molecule has 0 spiro atoms. The molecule has 0 radical (unpaired) electrons. The maximum atomic E-state index is 13.3. The van der Waals surface area contributed by atoms with Crippen molar-refractivity contribution in [2.75, 3.05) is 12.0 Å². The van der Waals surface area contributed by atoms with Gasteiger partial charge in [0.1, 0.15) is 5.75 Å². The van der Waals surface area contributed by atoms with Crippen molar-refractivity contribution in [1.29, 1.82) is 0 Å². The fraction of sp³-hybridized carbons (Fsp3) is 0.259. The lowest BCUT2D eigenvalue weighted by Crippen LogP contribution is -2.31. The van der Waals surface area contributed by atoms with Crippen LogP contribution < -0.4 is 9.64 Å². The number of aliphatic hydroxyl groups is 1. The number of benzene rings is 2. The maximum Gasteiger partial charge on any atom is 0.294 e. The summed E-state index contributed by atoms with van der Waals surface area (Å²) < 4.78 is 5.55. The van der Waals surface area contributed by atoms with E-state index >= 15 is 0 Å². The molecule has 2 heterocycles. The Bertz CT molecular complexity index is 1220. The summed E-state index contributed by atoms with van der Waals surface area (Å²) in [5.41, 5.74) is 2.43. The molecule has 0 aliphatic carbocycles. The Balaban J connectivity index is 1.81. The van der Waals surface area contributed by atoms with Crippen LogP contribution >= 0.6 is 11.3 Å². The Kier molecular flexibility index (Phi) is 6.38. The van der Waals surface area contributed by atoms with E-state index in [0.717, 1.165) is 10.4 Å². The molecule has 3 aromatic rings. The van der Waals surface area contributed by atoms with Gasteiger partial charge >= 0.3 is 0 Å². The summed E-state index contributed by atoms with van der Waals surface area (Å²) in [6.45, 7) is 5.94. The molecule has 1 aliphatic heterocycles. The molecule has 170 valence electrons. The number of ether oxygens (including phenoxy) is 1. The van der Waals surface area contributed by atoms with Crippen LogP contribution in [-0.4, -0.2) is 23.9 Å². The summed E-state index contributed by atoms with van der Waals surface area (Å²) in [4.78, 5) is 30.3. The molecular weight excluding hydrogens is 434 g/mol. The topological polar surface area (TPSA) is 66.8 Å². The van der Waals surface area contributed by atoms with Gasteiger partial charge in [0, 0.05) is 27.4 Å². The molecule has 33 heavy (non-hydrogen) atoms. The first-order valence-corrected chi connectivity index (χ1v) is 11.7. The minimum absolute atomic E-state index is 0.0915. The van der Waals surface area contributed by atoms with E-state index in [0.29, 0.717) is 17.0 Å². The molecule has 4 rings (SSSR count). The van der Waals surface area contributed by atoms with Crippen molar-refractivity contribution < 1.29 is 19.4 Å². The van der Waals surface area contributed by atoms with Crippen LogP contribution in [-0.2, 0) is 9.59 Å². The van der Waals surface area contributed by atoms with Crippen molar-refractivity contribution in [2.24, 2.45) is 5.92 Å². The van der Waals surface area contributed by atoms with Crippen LogP contribution in [0.15, 0.2) is 72.0 Å². The summed E-state index contributed by atoms with van der Waals surface area (Å²) in [6, 6.07) is 18.3. The predicted octanol–water partition coefficient (Wildman–Crippen LogP) is 6.25. The number of nitrogens with zero attached hydrogens (tertiary/aromatic N) is 1. The van der Waals surface area contributed by atoms with E-state index < -0.39 is 17.7 Å². The second kappa shape index (κ2) is 9.24. The Labute approximate surface area is 197 Å². The van der Waals surface area contributed by atoms with E-state index in [1.807, 2.05) is 56.3 Å². The molecule has 1 N–H and O–H groups in total. The van der Waals surface area contributed by atoms with Gasteiger partial charge in [0.15, 0.2) is 11.5 Å². The lowest BCUT2D eigenvalue weighted by atomic mass is 9.91. The van der Waals surface area contributed by atoms with Crippen molar-refractivity contribution in [3.63, 3.8) is 0 Å². The maximum absolute atomic E-state index is 13.3. The molecule has 1 aromatic heterocycles. The molecule has 1 unspecified atom stereocenters. The monoisotopic (exact) mass is 461 g/mol. The third-order valence-corrected chi connectivity index (χ3v) is 6.76. The highest BCUT2D eigenvalue weighted by Gasteiger charge is 2.45. The average Bonchev–Trinajstić information content (AvgIpc) is 3.34. The van der Waals surface area contributed by atoms with Crippen LogP contribution in [0.2, 0.25) is 0 Å². The number of carbonyl (C=O) groups is 2. The van der Waals surface area contributed by atoms with Crippen molar-refractivity contribution in [2.45, 2.75) is 33.2 Å². The van der Waals surface area contributed by atoms with Gasteiger partial charge in [-0.3, -0.25) is 14.5 Å². The highest BCUT2D eigenvalue weighted by Crippen LogP contribution is 2.44. The summed E-state index contributed by atoms with van der Waals surface area (Å²) in [6.07, 6.45) is 0.239. The van der Waals surface area contributed by atoms with E-state index in [1.54, 1.807) is 24.5 Å². The van der Waals surface area contributed by atoms with Gasteiger partial charge in [-0.2, -0.15) is 0 Å². The number of Topliss-reactive ketones (excluding diaryl/α,β-unsaturated/α-hetero) is 1. The normalized spacial score (nSPS) is 16.1. The molecule has 1 atom stereocenters. The van der Waals surface area contributed by atoms with Gasteiger partial charge in [-0.25, -0.2) is 0 Å². The quantitative estimate of drug-likeness (QED) is 0.452. The summed E-state index contributed by atoms with van der Waals surface area (Å²) in [5, 5.41) is 10.8. The summed E-state index contributed by atoms with van der Waals surface area (Å²) in [5.74, 6) is -0.670. The lowest BCUT2D eigenvalue weighted by molar-refractivity contribution is -0.118. The molecular formula is C27H27NO4S. The van der Waals surface area contributed by atoms with Crippen LogP contribution in [0, 0.1) is 12.8 Å². The van der Waals surface area contributed by atoms with E-state index in [4.69, 9.17) is 4.74 Å². The fourth-order valence-electron chi connectivity index (χ4n) is 4.20. The van der Waals surface area contributed by atoms with Crippen LogP contribution in [0.5, 0.6) is 5.75 Å². The van der Waals surface area contributed by atoms with Crippen molar-refractivity contribution in [3.8, 4) is 16.2 Å². The number of carbonyl (C=O) groups excluding carboxylic acids is 2. The number of thiophene rings is 1. The molecule has 5 nitrogen and oxygen atoms in total. The minimum atomic E-state index is -0.769. The lowest BCUT2D eigenvalue weighted by Gasteiger charge is -2.28. The molecule has 0 bridgehead atoms. The first kappa shape index (κ1) is 22.8. The number of methoxy groups -OCH3 is 1. The zero-order chi connectivity index (χ0) is 23.7. The van der Waals surface area contributed by atoms with E-state index in [1.165, 1.54) is 9.78 Å². The Morgan fingerprint density at radius 1 is 1.09 bits per heavy atom. The third-order valence-electron chi connectivity index (χ3n) is 5.71. The van der Waals surface area contributed by atoms with Gasteiger partial charge in [-0.15, -0.1) is 11.3 Å². The number of para-hydroxylation sites is 1. The standard InChI is InChI=1S/C27H27NO4S/c1-16(2)15-21(29)24-25(20-7-5-6-8-22(20)32-4)28(27(31)26(24)30)19-12-10-18(11-13-19)23-14-9-17(3)33-23/h5-14,16,25,30H,15H2,1-4H3. The number of rotatable bonds is 7. The molecule has 1 aliphatic rings. The van der Waals surface area contributed by atoms with E-state index in [2.05, 4.69) is 19.1 Å². The number of ketones is 1. The number of hydrogen-bond acceptors (Lipinski definition) is 5. The Hall–Kier alpha value is -3.38. The minimum Gasteiger partial charge on any atom is -0.503 e. The van der Waals surface area contributed by atoms with Gasteiger partial charge in [0.2, 0.25) is 0 Å². The van der Waals surface area contributed by atoms with Gasteiger partial charge in [0.05, 0.1) is 18.7 Å². The van der Waals surface area contributed by atoms with Crippen LogP contribution in [0.3, 0.4) is 0 Å². The summed E-state index contributed by atoms with van der Waals surface area (Å²) >= 11 is 1.70. The second-order valence-electron chi connectivity index (χ2n) is 8.56. The largest absolute Gasteiger partial charge is 0.503 e. The highest BCUT2D eigenvalue weighted by atomic mass is 32.1. The SMILES string of the molecule is COc1ccccc1C1C(C(=O)CC(C)C)=C(O)C(=O)N1c1ccc(-c2ccc(C)s2)cc1. The molecule has 2 aromatic carbocycles. The Morgan fingerprint density at radius 2 is 1.79 bits per heavy atom. The zero-order valence-corrected chi connectivity index (χ0v) is 20.0. The number of aliphatic hydroxyl groups excluding tert-OH is 1. The van der Waals surface area contributed by atoms with E-state index in [9.17, 15) is 14.7 Å². The first-order chi connectivity index (χ1) is 15.8. The molecule has 0 fully saturated rings. The fourth-order valence-corrected chi connectivity index (χ4v) is 5.07. The van der Waals surface area contributed by atoms with Crippen molar-refractivity contribution in [1.82, 2.24) is 0 Å². The second-order valence-corrected chi connectivity index (χ2v) is 9.85. The number of anilines is 1. The average molecular weight is 462 g/mol. The molecule has 0 saturated heterocycles. The molecule has 1 amide bonds. The van der Waals surface area contributed by atoms with Gasteiger partial charge < -0.3 is 9.84 Å². The number of aryl methyl sites for hydroxylation is 1. The van der Waals surface area contributed by atoms with Crippen LogP contribution in [0.25, 0.3) is 10.4 Å². The highest BCUT2D eigenvalue weighted by molar-refractivity contribution is 7.15. The molecule has 6 heteroatoms. The Morgan fingerprint density at radius 3 is 2.39 bits per heavy atom. The smallest absolute Gasteiger partial charge is 0.294 e.